The number of benzene rings is 1. The van der Waals surface area contributed by atoms with Gasteiger partial charge < -0.3 is 24.2 Å². The molecule has 0 aromatic heterocycles. The normalized spacial score (nSPS) is 33.3. The third-order valence-electron chi connectivity index (χ3n) is 4.04. The van der Waals surface area contributed by atoms with Crippen LogP contribution in [0, 0.1) is 0 Å². The molecule has 6 nitrogen and oxygen atoms in total. The molecule has 4 unspecified atom stereocenters. The van der Waals surface area contributed by atoms with Gasteiger partial charge in [0.1, 0.15) is 12.2 Å². The summed E-state index contributed by atoms with van der Waals surface area (Å²) in [6.07, 6.45) is -1.91. The maximum Gasteiger partial charge on any atom is 0.254 e. The maximum atomic E-state index is 12.6. The van der Waals surface area contributed by atoms with Crippen LogP contribution in [0.4, 0.5) is 0 Å². The van der Waals surface area contributed by atoms with Crippen molar-refractivity contribution in [1.29, 1.82) is 0 Å². The van der Waals surface area contributed by atoms with E-state index in [1.807, 2.05) is 18.2 Å². The second-order valence-corrected chi connectivity index (χ2v) is 6.14. The zero-order valence-electron chi connectivity index (χ0n) is 12.9. The van der Waals surface area contributed by atoms with Crippen LogP contribution < -0.4 is 0 Å². The molecule has 1 aromatic carbocycles. The van der Waals surface area contributed by atoms with E-state index in [9.17, 15) is 9.90 Å². The average molecular weight is 307 g/mol. The molecule has 4 atom stereocenters. The van der Waals surface area contributed by atoms with Crippen LogP contribution in [0.5, 0.6) is 0 Å². The second kappa shape index (κ2) is 5.62. The number of carbonyl (C=O) groups is 1. The molecule has 2 aliphatic heterocycles. The molecule has 0 bridgehead atoms. The number of aliphatic hydroxyl groups is 1. The van der Waals surface area contributed by atoms with Gasteiger partial charge >= 0.3 is 0 Å². The number of ether oxygens (including phenoxy) is 3. The summed E-state index contributed by atoms with van der Waals surface area (Å²) in [7, 11) is 1.67. The molecule has 2 saturated heterocycles. The fraction of sp³-hybridized carbons (Fsp3) is 0.562. The third-order valence-corrected chi connectivity index (χ3v) is 4.04. The third kappa shape index (κ3) is 2.75. The van der Waals surface area contributed by atoms with E-state index < -0.39 is 30.3 Å². The lowest BCUT2D eigenvalue weighted by molar-refractivity contribution is -0.207. The predicted molar refractivity (Wildman–Crippen MR) is 78.1 cm³/mol. The highest BCUT2D eigenvalue weighted by Crippen LogP contribution is 2.36. The Bertz CT molecular complexity index is 547. The van der Waals surface area contributed by atoms with Gasteiger partial charge in [0, 0.05) is 12.6 Å². The Morgan fingerprint density at radius 1 is 1.27 bits per heavy atom. The van der Waals surface area contributed by atoms with E-state index in [2.05, 4.69) is 0 Å². The Labute approximate surface area is 129 Å². The van der Waals surface area contributed by atoms with Gasteiger partial charge in [-0.05, 0) is 26.0 Å². The fourth-order valence-corrected chi connectivity index (χ4v) is 3.03. The van der Waals surface area contributed by atoms with E-state index in [4.69, 9.17) is 14.2 Å². The number of hydrogen-bond donors (Lipinski definition) is 1. The van der Waals surface area contributed by atoms with E-state index in [1.54, 1.807) is 33.0 Å². The highest BCUT2D eigenvalue weighted by atomic mass is 16.8. The summed E-state index contributed by atoms with van der Waals surface area (Å²) in [6.45, 7) is 3.69. The fourth-order valence-electron chi connectivity index (χ4n) is 3.03. The van der Waals surface area contributed by atoms with Crippen LogP contribution in [-0.4, -0.2) is 59.9 Å². The van der Waals surface area contributed by atoms with Gasteiger partial charge in [-0.25, -0.2) is 0 Å². The van der Waals surface area contributed by atoms with Gasteiger partial charge in [0.15, 0.2) is 12.1 Å². The van der Waals surface area contributed by atoms with Crippen molar-refractivity contribution in [3.05, 3.63) is 35.9 Å². The molecule has 6 heteroatoms. The van der Waals surface area contributed by atoms with Crippen molar-refractivity contribution in [1.82, 2.24) is 4.90 Å². The number of aliphatic hydroxyl groups excluding tert-OH is 1. The van der Waals surface area contributed by atoms with Crippen molar-refractivity contribution in [2.24, 2.45) is 0 Å². The van der Waals surface area contributed by atoms with Crippen LogP contribution in [-0.2, 0) is 14.2 Å². The Balaban J connectivity index is 1.83. The molecule has 22 heavy (non-hydrogen) atoms. The smallest absolute Gasteiger partial charge is 0.254 e. The van der Waals surface area contributed by atoms with Gasteiger partial charge in [0.05, 0.1) is 12.6 Å². The summed E-state index contributed by atoms with van der Waals surface area (Å²) >= 11 is 0. The Morgan fingerprint density at radius 2 is 1.95 bits per heavy atom. The molecule has 1 N–H and O–H groups in total. The predicted octanol–water partition coefficient (Wildman–Crippen LogP) is 0.996. The zero-order chi connectivity index (χ0) is 15.9. The number of carbonyl (C=O) groups excluding carboxylic acids is 1. The van der Waals surface area contributed by atoms with Crippen molar-refractivity contribution < 1.29 is 24.1 Å². The molecule has 2 aliphatic rings. The average Bonchev–Trinajstić information content (AvgIpc) is 2.81. The molecule has 2 fully saturated rings. The first-order valence-electron chi connectivity index (χ1n) is 7.36. The minimum Gasteiger partial charge on any atom is -0.388 e. The lowest BCUT2D eigenvalue weighted by Crippen LogP contribution is -2.60. The number of amides is 1. The Hall–Kier alpha value is -1.47. The molecule has 3 rings (SSSR count). The summed E-state index contributed by atoms with van der Waals surface area (Å²) in [5.74, 6) is -0.965. The van der Waals surface area contributed by atoms with E-state index >= 15 is 0 Å². The molecule has 1 amide bonds. The van der Waals surface area contributed by atoms with E-state index in [1.165, 1.54) is 4.90 Å². The lowest BCUT2D eigenvalue weighted by Gasteiger charge is -2.40. The number of hydrogen-bond acceptors (Lipinski definition) is 5. The molecule has 0 saturated carbocycles. The summed E-state index contributed by atoms with van der Waals surface area (Å²) < 4.78 is 17.0. The Morgan fingerprint density at radius 3 is 2.64 bits per heavy atom. The van der Waals surface area contributed by atoms with Gasteiger partial charge in [-0.2, -0.15) is 0 Å². The van der Waals surface area contributed by atoms with Gasteiger partial charge in [0.2, 0.25) is 0 Å². The van der Waals surface area contributed by atoms with E-state index in [-0.39, 0.29) is 12.5 Å². The van der Waals surface area contributed by atoms with Gasteiger partial charge in [-0.1, -0.05) is 18.2 Å². The molecular formula is C16H21NO5. The van der Waals surface area contributed by atoms with Crippen molar-refractivity contribution >= 4 is 5.91 Å². The van der Waals surface area contributed by atoms with Gasteiger partial charge in [-0.15, -0.1) is 0 Å². The molecule has 0 aliphatic carbocycles. The van der Waals surface area contributed by atoms with Crippen LogP contribution in [0.25, 0.3) is 0 Å². The first kappa shape index (κ1) is 15.4. The summed E-state index contributed by atoms with van der Waals surface area (Å²) in [5, 5.41) is 10.3. The van der Waals surface area contributed by atoms with Gasteiger partial charge in [0.25, 0.3) is 5.91 Å². The van der Waals surface area contributed by atoms with Crippen LogP contribution in [0.3, 0.4) is 0 Å². The molecule has 2 heterocycles. The summed E-state index contributed by atoms with van der Waals surface area (Å²) in [6, 6.07) is 8.45. The van der Waals surface area contributed by atoms with Crippen LogP contribution in [0.2, 0.25) is 0 Å². The topological polar surface area (TPSA) is 68.2 Å². The zero-order valence-corrected chi connectivity index (χ0v) is 12.9. The van der Waals surface area contributed by atoms with E-state index in [0.29, 0.717) is 5.56 Å². The monoisotopic (exact) mass is 307 g/mol. The Kier molecular flexibility index (Phi) is 3.94. The lowest BCUT2D eigenvalue weighted by atomic mass is 9.99. The molecule has 0 radical (unpaired) electrons. The van der Waals surface area contributed by atoms with Crippen molar-refractivity contribution in [2.75, 3.05) is 13.7 Å². The number of nitrogens with zero attached hydrogens (tertiary/aromatic N) is 1. The first-order chi connectivity index (χ1) is 10.4. The number of fused-ring (bicyclic) bond motifs is 1. The SMILES string of the molecule is CN(C(=O)c1ccccc1)C1C(O)COC2OC(C)(C)OC21. The van der Waals surface area contributed by atoms with E-state index in [0.717, 1.165) is 0 Å². The molecule has 1 aromatic rings. The van der Waals surface area contributed by atoms with Gasteiger partial charge in [-0.3, -0.25) is 4.79 Å². The number of likely N-dealkylation sites (N-methyl/N-ethyl adjacent to an activating group) is 1. The molecule has 0 spiro atoms. The maximum absolute atomic E-state index is 12.6. The highest BCUT2D eigenvalue weighted by molar-refractivity contribution is 5.94. The summed E-state index contributed by atoms with van der Waals surface area (Å²) in [4.78, 5) is 14.1. The van der Waals surface area contributed by atoms with Crippen molar-refractivity contribution in [3.63, 3.8) is 0 Å². The largest absolute Gasteiger partial charge is 0.388 e. The van der Waals surface area contributed by atoms with Crippen LogP contribution in [0.1, 0.15) is 24.2 Å². The number of rotatable bonds is 2. The van der Waals surface area contributed by atoms with Crippen molar-refractivity contribution in [2.45, 2.75) is 44.2 Å². The minimum atomic E-state index is -0.823. The summed E-state index contributed by atoms with van der Waals surface area (Å²) in [5.41, 5.74) is 0.568. The van der Waals surface area contributed by atoms with Crippen molar-refractivity contribution in [3.8, 4) is 0 Å². The van der Waals surface area contributed by atoms with Crippen LogP contribution >= 0.6 is 0 Å². The van der Waals surface area contributed by atoms with Crippen LogP contribution in [0.15, 0.2) is 30.3 Å². The molecule has 120 valence electrons. The first-order valence-corrected chi connectivity index (χ1v) is 7.36. The highest BCUT2D eigenvalue weighted by Gasteiger charge is 2.53. The second-order valence-electron chi connectivity index (χ2n) is 6.14. The quantitative estimate of drug-likeness (QED) is 0.883. The standard InChI is InChI=1S/C16H21NO5/c1-16(2)21-13-12(11(18)9-20-15(13)22-16)17(3)14(19)10-7-5-4-6-8-10/h4-8,11-13,15,18H,9H2,1-3H3. The molecular weight excluding hydrogens is 286 g/mol. The minimum absolute atomic E-state index is 0.109.